The third kappa shape index (κ3) is 5.87. The number of carbonyl (C=O) groups is 3. The van der Waals surface area contributed by atoms with Crippen LogP contribution in [0.25, 0.3) is 0 Å². The monoisotopic (exact) mass is 377 g/mol. The Morgan fingerprint density at radius 3 is 2.26 bits per heavy atom. The SMILES string of the molecule is CC(C)(C)OC(=O)NC1(C(N)=O)CCN(C(=O)OCc2ccccc2)CC1. The number of nitrogens with zero attached hydrogens (tertiary/aromatic N) is 1. The highest BCUT2D eigenvalue weighted by atomic mass is 16.6. The van der Waals surface area contributed by atoms with Crippen molar-refractivity contribution in [2.45, 2.75) is 51.4 Å². The summed E-state index contributed by atoms with van der Waals surface area (Å²) in [7, 11) is 0. The first-order chi connectivity index (χ1) is 12.6. The Morgan fingerprint density at radius 2 is 1.74 bits per heavy atom. The molecule has 27 heavy (non-hydrogen) atoms. The molecule has 0 aromatic heterocycles. The first-order valence-electron chi connectivity index (χ1n) is 8.88. The number of hydrogen-bond donors (Lipinski definition) is 2. The summed E-state index contributed by atoms with van der Waals surface area (Å²) in [6, 6.07) is 9.36. The molecule has 3 amide bonds. The second-order valence-electron chi connectivity index (χ2n) is 7.60. The summed E-state index contributed by atoms with van der Waals surface area (Å²) in [6.45, 7) is 5.85. The summed E-state index contributed by atoms with van der Waals surface area (Å²) in [6.07, 6.45) is -0.778. The normalized spacial score (nSPS) is 16.3. The summed E-state index contributed by atoms with van der Waals surface area (Å²) in [5.41, 5.74) is 4.49. The number of ether oxygens (including phenoxy) is 2. The smallest absolute Gasteiger partial charge is 0.410 e. The van der Waals surface area contributed by atoms with Gasteiger partial charge in [-0.05, 0) is 39.2 Å². The summed E-state index contributed by atoms with van der Waals surface area (Å²) < 4.78 is 10.5. The van der Waals surface area contributed by atoms with E-state index in [4.69, 9.17) is 15.2 Å². The molecule has 0 saturated carbocycles. The molecule has 148 valence electrons. The number of rotatable bonds is 4. The number of primary amides is 1. The zero-order valence-corrected chi connectivity index (χ0v) is 16.0. The van der Waals surface area contributed by atoms with E-state index in [0.717, 1.165) is 5.56 Å². The van der Waals surface area contributed by atoms with Crippen molar-refractivity contribution in [2.75, 3.05) is 13.1 Å². The van der Waals surface area contributed by atoms with Crippen LogP contribution in [0.5, 0.6) is 0 Å². The van der Waals surface area contributed by atoms with Gasteiger partial charge in [-0.1, -0.05) is 30.3 Å². The van der Waals surface area contributed by atoms with E-state index in [1.165, 1.54) is 4.90 Å². The molecule has 1 aromatic rings. The predicted octanol–water partition coefficient (Wildman–Crippen LogP) is 2.17. The van der Waals surface area contributed by atoms with Gasteiger partial charge in [0.2, 0.25) is 5.91 Å². The highest BCUT2D eigenvalue weighted by Crippen LogP contribution is 2.24. The lowest BCUT2D eigenvalue weighted by atomic mass is 9.87. The Labute approximate surface area is 159 Å². The topological polar surface area (TPSA) is 111 Å². The minimum Gasteiger partial charge on any atom is -0.445 e. The van der Waals surface area contributed by atoms with E-state index in [-0.39, 0.29) is 32.5 Å². The van der Waals surface area contributed by atoms with Gasteiger partial charge in [-0.2, -0.15) is 0 Å². The van der Waals surface area contributed by atoms with Crippen molar-refractivity contribution in [1.29, 1.82) is 0 Å². The zero-order chi connectivity index (χ0) is 20.1. The van der Waals surface area contributed by atoms with Crippen molar-refractivity contribution in [3.63, 3.8) is 0 Å². The van der Waals surface area contributed by atoms with E-state index < -0.39 is 29.2 Å². The Bertz CT molecular complexity index is 676. The maximum atomic E-state index is 12.2. The van der Waals surface area contributed by atoms with Gasteiger partial charge in [-0.15, -0.1) is 0 Å². The summed E-state index contributed by atoms with van der Waals surface area (Å²) in [5.74, 6) is -0.648. The number of nitrogens with two attached hydrogens (primary N) is 1. The average Bonchev–Trinajstić information content (AvgIpc) is 2.59. The quantitative estimate of drug-likeness (QED) is 0.835. The molecule has 0 aliphatic carbocycles. The van der Waals surface area contributed by atoms with E-state index in [2.05, 4.69) is 5.32 Å². The fraction of sp³-hybridized carbons (Fsp3) is 0.526. The minimum absolute atomic E-state index is 0.174. The van der Waals surface area contributed by atoms with Crippen LogP contribution in [-0.2, 0) is 20.9 Å². The highest BCUT2D eigenvalue weighted by molar-refractivity contribution is 5.89. The molecular weight excluding hydrogens is 350 g/mol. The minimum atomic E-state index is -1.24. The third-order valence-electron chi connectivity index (χ3n) is 4.29. The maximum Gasteiger partial charge on any atom is 0.410 e. The van der Waals surface area contributed by atoms with Gasteiger partial charge in [0, 0.05) is 13.1 Å². The molecule has 1 heterocycles. The number of benzene rings is 1. The second kappa shape index (κ2) is 8.28. The molecule has 8 nitrogen and oxygen atoms in total. The van der Waals surface area contributed by atoms with Crippen LogP contribution in [0.2, 0.25) is 0 Å². The van der Waals surface area contributed by atoms with Crippen LogP contribution in [0.4, 0.5) is 9.59 Å². The Balaban J connectivity index is 1.90. The van der Waals surface area contributed by atoms with Gasteiger partial charge in [0.25, 0.3) is 0 Å². The predicted molar refractivity (Wildman–Crippen MR) is 98.7 cm³/mol. The fourth-order valence-electron chi connectivity index (χ4n) is 2.81. The van der Waals surface area contributed by atoms with Gasteiger partial charge < -0.3 is 25.4 Å². The Morgan fingerprint density at radius 1 is 1.15 bits per heavy atom. The van der Waals surface area contributed by atoms with Crippen LogP contribution < -0.4 is 11.1 Å². The molecule has 0 bridgehead atoms. The summed E-state index contributed by atoms with van der Waals surface area (Å²) >= 11 is 0. The Kier molecular flexibility index (Phi) is 6.30. The number of nitrogens with one attached hydrogen (secondary N) is 1. The lowest BCUT2D eigenvalue weighted by molar-refractivity contribution is -0.126. The molecule has 1 aliphatic heterocycles. The zero-order valence-electron chi connectivity index (χ0n) is 16.0. The fourth-order valence-corrected chi connectivity index (χ4v) is 2.81. The molecule has 0 radical (unpaired) electrons. The summed E-state index contributed by atoms with van der Waals surface area (Å²) in [4.78, 5) is 37.8. The lowest BCUT2D eigenvalue weighted by Crippen LogP contribution is -2.63. The molecule has 0 unspecified atom stereocenters. The van der Waals surface area contributed by atoms with Crippen LogP contribution in [0.3, 0.4) is 0 Å². The molecular formula is C19H27N3O5. The van der Waals surface area contributed by atoms with Gasteiger partial charge in [0.15, 0.2) is 0 Å². The van der Waals surface area contributed by atoms with Gasteiger partial charge in [0.05, 0.1) is 0 Å². The third-order valence-corrected chi connectivity index (χ3v) is 4.29. The van der Waals surface area contributed by atoms with Crippen molar-refractivity contribution < 1.29 is 23.9 Å². The number of likely N-dealkylation sites (tertiary alicyclic amines) is 1. The van der Waals surface area contributed by atoms with E-state index >= 15 is 0 Å². The molecule has 1 aliphatic rings. The van der Waals surface area contributed by atoms with Crippen LogP contribution in [-0.4, -0.2) is 47.2 Å². The van der Waals surface area contributed by atoms with Gasteiger partial charge >= 0.3 is 12.2 Å². The molecule has 8 heteroatoms. The number of piperidine rings is 1. The van der Waals surface area contributed by atoms with Crippen LogP contribution in [0.15, 0.2) is 30.3 Å². The number of alkyl carbamates (subject to hydrolysis) is 1. The number of carbonyl (C=O) groups excluding carboxylic acids is 3. The molecule has 0 spiro atoms. The van der Waals surface area contributed by atoms with Crippen molar-refractivity contribution >= 4 is 18.1 Å². The standard InChI is InChI=1S/C19H27N3O5/c1-18(2,3)27-16(24)21-19(15(20)23)9-11-22(12-10-19)17(25)26-13-14-7-5-4-6-8-14/h4-8H,9-13H2,1-3H3,(H2,20,23)(H,21,24). The highest BCUT2D eigenvalue weighted by Gasteiger charge is 2.43. The molecule has 2 rings (SSSR count). The largest absolute Gasteiger partial charge is 0.445 e. The van der Waals surface area contributed by atoms with Crippen LogP contribution in [0.1, 0.15) is 39.2 Å². The van der Waals surface area contributed by atoms with Crippen molar-refractivity contribution in [2.24, 2.45) is 5.73 Å². The second-order valence-corrected chi connectivity index (χ2v) is 7.60. The summed E-state index contributed by atoms with van der Waals surface area (Å²) in [5, 5.41) is 2.59. The Hall–Kier alpha value is -2.77. The first-order valence-corrected chi connectivity index (χ1v) is 8.88. The first kappa shape index (κ1) is 20.5. The van der Waals surface area contributed by atoms with E-state index in [0.29, 0.717) is 0 Å². The maximum absolute atomic E-state index is 12.2. The molecule has 3 N–H and O–H groups in total. The van der Waals surface area contributed by atoms with E-state index in [1.807, 2.05) is 30.3 Å². The van der Waals surface area contributed by atoms with E-state index in [9.17, 15) is 14.4 Å². The van der Waals surface area contributed by atoms with Gasteiger partial charge in [-0.3, -0.25) is 4.79 Å². The molecule has 1 aromatic carbocycles. The van der Waals surface area contributed by atoms with Crippen molar-refractivity contribution in [1.82, 2.24) is 10.2 Å². The van der Waals surface area contributed by atoms with Crippen LogP contribution >= 0.6 is 0 Å². The van der Waals surface area contributed by atoms with E-state index in [1.54, 1.807) is 20.8 Å². The van der Waals surface area contributed by atoms with Crippen molar-refractivity contribution in [3.8, 4) is 0 Å². The van der Waals surface area contributed by atoms with Gasteiger partial charge in [0.1, 0.15) is 17.7 Å². The van der Waals surface area contributed by atoms with Crippen LogP contribution in [0, 0.1) is 0 Å². The molecule has 1 saturated heterocycles. The number of amides is 3. The molecule has 0 atom stereocenters. The number of hydrogen-bond acceptors (Lipinski definition) is 5. The average molecular weight is 377 g/mol. The lowest BCUT2D eigenvalue weighted by Gasteiger charge is -2.39. The van der Waals surface area contributed by atoms with Crippen molar-refractivity contribution in [3.05, 3.63) is 35.9 Å². The molecule has 1 fully saturated rings. The van der Waals surface area contributed by atoms with Gasteiger partial charge in [-0.25, -0.2) is 9.59 Å².